The molecule has 0 saturated heterocycles. The van der Waals surface area contributed by atoms with Gasteiger partial charge in [-0.3, -0.25) is 0 Å². The molecule has 2 fully saturated rings. The summed E-state index contributed by atoms with van der Waals surface area (Å²) in [6, 6.07) is 9.66. The van der Waals surface area contributed by atoms with Crippen molar-refractivity contribution in [2.24, 2.45) is 5.92 Å². The van der Waals surface area contributed by atoms with Gasteiger partial charge in [0, 0.05) is 5.92 Å². The van der Waals surface area contributed by atoms with E-state index in [2.05, 4.69) is 77.1 Å². The van der Waals surface area contributed by atoms with Crippen molar-refractivity contribution >= 4 is 26.5 Å². The van der Waals surface area contributed by atoms with Gasteiger partial charge in [0.05, 0.1) is 14.2 Å². The van der Waals surface area contributed by atoms with Crippen molar-refractivity contribution in [3.8, 4) is 11.5 Å². The van der Waals surface area contributed by atoms with Crippen molar-refractivity contribution in [1.29, 1.82) is 0 Å². The average molecular weight is 591 g/mol. The van der Waals surface area contributed by atoms with E-state index in [0.717, 1.165) is 28.5 Å². The third kappa shape index (κ3) is 6.50. The van der Waals surface area contributed by atoms with E-state index < -0.39 is 7.92 Å². The fourth-order valence-electron chi connectivity index (χ4n) is 8.23. The smallest absolute Gasteiger partial charge is 0.124 e. The van der Waals surface area contributed by atoms with Gasteiger partial charge in [-0.05, 0) is 141 Å². The Morgan fingerprint density at radius 2 is 1.07 bits per heavy atom. The van der Waals surface area contributed by atoms with Gasteiger partial charge < -0.3 is 9.47 Å². The van der Waals surface area contributed by atoms with Gasteiger partial charge in [-0.2, -0.15) is 0 Å². The maximum Gasteiger partial charge on any atom is 0.124 e. The van der Waals surface area contributed by atoms with Gasteiger partial charge in [0.1, 0.15) is 11.5 Å². The van der Waals surface area contributed by atoms with E-state index in [1.54, 1.807) is 19.5 Å². The lowest BCUT2D eigenvalue weighted by Gasteiger charge is -2.44. The van der Waals surface area contributed by atoms with Crippen LogP contribution in [-0.2, 0) is 0 Å². The summed E-state index contributed by atoms with van der Waals surface area (Å²) in [7, 11) is 2.89. The quantitative estimate of drug-likeness (QED) is 0.271. The Morgan fingerprint density at radius 3 is 1.46 bits per heavy atom. The van der Waals surface area contributed by atoms with Gasteiger partial charge in [-0.25, -0.2) is 0 Å². The van der Waals surface area contributed by atoms with Crippen molar-refractivity contribution in [1.82, 2.24) is 0 Å². The molecule has 2 aromatic carbocycles. The Kier molecular flexibility index (Phi) is 10.4. The highest BCUT2D eigenvalue weighted by atomic mass is 31.1. The molecule has 41 heavy (non-hydrogen) atoms. The van der Waals surface area contributed by atoms with Crippen molar-refractivity contribution in [3.63, 3.8) is 0 Å². The Hall–Kier alpha value is -1.62. The molecule has 0 aliphatic heterocycles. The second-order valence-electron chi connectivity index (χ2n) is 12.8. The van der Waals surface area contributed by atoms with Crippen LogP contribution < -0.4 is 20.1 Å². The molecule has 2 aromatic rings. The molecule has 1 unspecified atom stereocenters. The fraction of sp³-hybridized carbons (Fsp3) is 0.568. The van der Waals surface area contributed by atoms with Crippen molar-refractivity contribution in [2.45, 2.75) is 116 Å². The SMILES string of the molecule is COc1c(C)cc(P(C2=CC=CC2[C@H](C)P(C2CCCCC2)C2CCCCC2)c2cc(C)c(OC)c(C)c2)cc1C. The zero-order valence-corrected chi connectivity index (χ0v) is 28.4. The summed E-state index contributed by atoms with van der Waals surface area (Å²) >= 11 is 0. The average Bonchev–Trinajstić information content (AvgIpc) is 3.44. The van der Waals surface area contributed by atoms with Crippen molar-refractivity contribution in [2.75, 3.05) is 14.2 Å². The molecule has 2 saturated carbocycles. The zero-order chi connectivity index (χ0) is 29.1. The number of benzene rings is 2. The Bertz CT molecular complexity index is 1140. The van der Waals surface area contributed by atoms with Crippen LogP contribution in [0.4, 0.5) is 0 Å². The second kappa shape index (κ2) is 13.8. The van der Waals surface area contributed by atoms with Crippen LogP contribution >= 0.6 is 15.8 Å². The maximum atomic E-state index is 5.80. The van der Waals surface area contributed by atoms with E-state index in [1.165, 1.54) is 97.1 Å². The summed E-state index contributed by atoms with van der Waals surface area (Å²) < 4.78 is 11.6. The number of rotatable bonds is 9. The highest BCUT2D eigenvalue weighted by Gasteiger charge is 2.40. The lowest BCUT2D eigenvalue weighted by Crippen LogP contribution is -2.30. The van der Waals surface area contributed by atoms with Gasteiger partial charge in [-0.15, -0.1) is 0 Å². The number of aryl methyl sites for hydroxylation is 4. The first-order valence-electron chi connectivity index (χ1n) is 16.1. The number of hydrogen-bond acceptors (Lipinski definition) is 2. The van der Waals surface area contributed by atoms with Crippen LogP contribution in [0, 0.1) is 33.6 Å². The van der Waals surface area contributed by atoms with E-state index in [4.69, 9.17) is 9.47 Å². The summed E-state index contributed by atoms with van der Waals surface area (Å²) in [5.41, 5.74) is 7.61. The highest BCUT2D eigenvalue weighted by Crippen LogP contribution is 2.64. The third-order valence-corrected chi connectivity index (χ3v) is 16.5. The van der Waals surface area contributed by atoms with Gasteiger partial charge in [0.25, 0.3) is 0 Å². The van der Waals surface area contributed by atoms with Crippen LogP contribution in [0.15, 0.2) is 47.8 Å². The standard InChI is InChI=1S/C37H52O2P2/c1-25-21-32(22-26(2)36(25)38-6)41(33-23-27(3)37(39-7)28(4)24-33)35-20-14-19-34(35)29(5)40(30-15-10-8-11-16-30)31-17-12-9-13-18-31/h14,19-24,29-31,34H,8-13,15-18H2,1-7H3/t29-,34?/m0/s1. The molecule has 2 atom stereocenters. The molecule has 2 nitrogen and oxygen atoms in total. The van der Waals surface area contributed by atoms with E-state index in [1.807, 2.05) is 0 Å². The number of methoxy groups -OCH3 is 2. The monoisotopic (exact) mass is 590 g/mol. The Morgan fingerprint density at radius 1 is 0.659 bits per heavy atom. The highest BCUT2D eigenvalue weighted by molar-refractivity contribution is 7.77. The van der Waals surface area contributed by atoms with E-state index in [9.17, 15) is 0 Å². The lowest BCUT2D eigenvalue weighted by molar-refractivity contribution is 0.408. The first-order valence-corrected chi connectivity index (χ1v) is 19.0. The topological polar surface area (TPSA) is 18.5 Å². The van der Waals surface area contributed by atoms with Crippen LogP contribution in [0.5, 0.6) is 11.5 Å². The molecule has 0 N–H and O–H groups in total. The van der Waals surface area contributed by atoms with Crippen molar-refractivity contribution < 1.29 is 9.47 Å². The number of allylic oxidation sites excluding steroid dienone is 4. The van der Waals surface area contributed by atoms with Crippen LogP contribution in [0.3, 0.4) is 0 Å². The molecule has 4 heteroatoms. The summed E-state index contributed by atoms with van der Waals surface area (Å²) in [4.78, 5) is 0. The molecule has 0 bridgehead atoms. The normalized spacial score (nSPS) is 21.0. The van der Waals surface area contributed by atoms with Gasteiger partial charge >= 0.3 is 0 Å². The van der Waals surface area contributed by atoms with Crippen LogP contribution in [-0.4, -0.2) is 31.2 Å². The molecular formula is C37H52O2P2. The lowest BCUT2D eigenvalue weighted by atomic mass is 9.99. The molecule has 3 aliphatic carbocycles. The summed E-state index contributed by atoms with van der Waals surface area (Å²) in [5, 5.41) is 4.55. The van der Waals surface area contributed by atoms with E-state index in [-0.39, 0.29) is 7.92 Å². The molecule has 0 heterocycles. The molecular weight excluding hydrogens is 538 g/mol. The minimum absolute atomic E-state index is 0.0206. The number of hydrogen-bond donors (Lipinski definition) is 0. The minimum atomic E-state index is -0.685. The Labute approximate surface area is 252 Å². The summed E-state index contributed by atoms with van der Waals surface area (Å²) in [6.45, 7) is 11.5. The first kappa shape index (κ1) is 30.8. The second-order valence-corrected chi connectivity index (χ2v) is 18.2. The van der Waals surface area contributed by atoms with Crippen LogP contribution in [0.25, 0.3) is 0 Å². The summed E-state index contributed by atoms with van der Waals surface area (Å²) in [5.74, 6) is 2.57. The summed E-state index contributed by atoms with van der Waals surface area (Å²) in [6.07, 6.45) is 22.1. The van der Waals surface area contributed by atoms with E-state index >= 15 is 0 Å². The molecule has 3 aliphatic rings. The largest absolute Gasteiger partial charge is 0.496 e. The van der Waals surface area contributed by atoms with E-state index in [0.29, 0.717) is 5.92 Å². The minimum Gasteiger partial charge on any atom is -0.496 e. The van der Waals surface area contributed by atoms with Crippen LogP contribution in [0.2, 0.25) is 0 Å². The Balaban J connectivity index is 1.58. The molecule has 222 valence electrons. The third-order valence-electron chi connectivity index (χ3n) is 9.98. The predicted molar refractivity (Wildman–Crippen MR) is 182 cm³/mol. The molecule has 0 aromatic heterocycles. The van der Waals surface area contributed by atoms with Gasteiger partial charge in [0.2, 0.25) is 0 Å². The first-order chi connectivity index (χ1) is 19.8. The maximum absolute atomic E-state index is 5.80. The van der Waals surface area contributed by atoms with Crippen molar-refractivity contribution in [3.05, 3.63) is 70.1 Å². The zero-order valence-electron chi connectivity index (χ0n) is 26.6. The molecule has 0 spiro atoms. The fourth-order valence-corrected chi connectivity index (χ4v) is 15.9. The molecule has 0 radical (unpaired) electrons. The van der Waals surface area contributed by atoms with Gasteiger partial charge in [0.15, 0.2) is 0 Å². The number of ether oxygens (including phenoxy) is 2. The van der Waals surface area contributed by atoms with Gasteiger partial charge in [-0.1, -0.05) is 71.6 Å². The predicted octanol–water partition coefficient (Wildman–Crippen LogP) is 9.98. The molecule has 5 rings (SSSR count). The molecule has 0 amide bonds. The van der Waals surface area contributed by atoms with Crippen LogP contribution in [0.1, 0.15) is 93.4 Å².